The first-order valence-electron chi connectivity index (χ1n) is 7.81. The summed E-state index contributed by atoms with van der Waals surface area (Å²) in [6, 6.07) is 12.8. The minimum atomic E-state index is -0.515. The molecule has 1 heterocycles. The van der Waals surface area contributed by atoms with E-state index in [9.17, 15) is 10.1 Å². The maximum atomic E-state index is 11.6. The highest BCUT2D eigenvalue weighted by Gasteiger charge is 2.23. The molecule has 0 atom stereocenters. The van der Waals surface area contributed by atoms with E-state index in [4.69, 9.17) is 11.6 Å². The molecule has 8 heteroatoms. The lowest BCUT2D eigenvalue weighted by atomic mass is 10.2. The molecular weight excluding hydrogens is 354 g/mol. The molecule has 3 aromatic rings. The fourth-order valence-electron chi connectivity index (χ4n) is 2.38. The lowest BCUT2D eigenvalue weighted by Crippen LogP contribution is -2.06. The Bertz CT molecular complexity index is 960. The first-order chi connectivity index (χ1) is 12.5. The number of rotatable bonds is 5. The molecule has 0 aliphatic heterocycles. The summed E-state index contributed by atoms with van der Waals surface area (Å²) in [6.45, 7) is 3.79. The van der Waals surface area contributed by atoms with Gasteiger partial charge in [0.05, 0.1) is 4.92 Å². The molecule has 0 aliphatic rings. The summed E-state index contributed by atoms with van der Waals surface area (Å²) in [4.78, 5) is 19.2. The van der Waals surface area contributed by atoms with E-state index in [0.717, 1.165) is 11.1 Å². The van der Waals surface area contributed by atoms with Crippen molar-refractivity contribution in [1.29, 1.82) is 0 Å². The third-order valence-electron chi connectivity index (χ3n) is 3.84. The molecule has 0 saturated heterocycles. The maximum Gasteiger partial charge on any atom is 0.353 e. The normalized spacial score (nSPS) is 10.4. The molecule has 0 fully saturated rings. The Hall–Kier alpha value is -3.19. The second-order valence-corrected chi connectivity index (χ2v) is 6.11. The van der Waals surface area contributed by atoms with Crippen molar-refractivity contribution in [3.63, 3.8) is 0 Å². The van der Waals surface area contributed by atoms with Crippen molar-refractivity contribution in [2.24, 2.45) is 0 Å². The van der Waals surface area contributed by atoms with Crippen LogP contribution >= 0.6 is 11.6 Å². The van der Waals surface area contributed by atoms with Gasteiger partial charge in [0.25, 0.3) is 0 Å². The van der Waals surface area contributed by atoms with Gasteiger partial charge in [-0.25, -0.2) is 9.97 Å². The average Bonchev–Trinajstić information content (AvgIpc) is 2.61. The molecular formula is C18H16ClN5O2. The highest BCUT2D eigenvalue weighted by Crippen LogP contribution is 2.34. The molecule has 1 aromatic heterocycles. The smallest absolute Gasteiger partial charge is 0.334 e. The number of hydrogen-bond donors (Lipinski definition) is 2. The molecule has 0 bridgehead atoms. The molecule has 0 radical (unpaired) electrons. The van der Waals surface area contributed by atoms with E-state index in [1.165, 1.54) is 6.33 Å². The van der Waals surface area contributed by atoms with E-state index in [0.29, 0.717) is 16.4 Å². The Morgan fingerprint density at radius 2 is 1.65 bits per heavy atom. The van der Waals surface area contributed by atoms with Gasteiger partial charge < -0.3 is 10.6 Å². The first kappa shape index (κ1) is 17.6. The number of aryl methyl sites for hydroxylation is 1. The summed E-state index contributed by atoms with van der Waals surface area (Å²) in [6.07, 6.45) is 1.27. The SMILES string of the molecule is Cc1ccc(Nc2ncnc(Nc3cccc(Cl)c3C)c2[N+](=O)[O-])cc1. The Labute approximate surface area is 155 Å². The largest absolute Gasteiger partial charge is 0.353 e. The molecule has 0 unspecified atom stereocenters. The van der Waals surface area contributed by atoms with Crippen LogP contribution in [0.4, 0.5) is 28.7 Å². The highest BCUT2D eigenvalue weighted by molar-refractivity contribution is 6.31. The minimum absolute atomic E-state index is 0.0879. The van der Waals surface area contributed by atoms with Gasteiger partial charge in [-0.1, -0.05) is 35.4 Å². The van der Waals surface area contributed by atoms with Gasteiger partial charge in [0, 0.05) is 16.4 Å². The number of nitrogens with one attached hydrogen (secondary N) is 2. The fourth-order valence-corrected chi connectivity index (χ4v) is 2.55. The topological polar surface area (TPSA) is 93.0 Å². The molecule has 0 aliphatic carbocycles. The standard InChI is InChI=1S/C18H16ClN5O2/c1-11-6-8-13(9-7-11)22-17-16(24(25)26)18(21-10-20-17)23-15-5-3-4-14(19)12(15)2/h3-10H,1-2H3,(H2,20,21,22,23). The summed E-state index contributed by atoms with van der Waals surface area (Å²) < 4.78 is 0. The van der Waals surface area contributed by atoms with Crippen LogP contribution in [0.2, 0.25) is 5.02 Å². The third kappa shape index (κ3) is 3.73. The maximum absolute atomic E-state index is 11.6. The third-order valence-corrected chi connectivity index (χ3v) is 4.25. The molecule has 0 spiro atoms. The van der Waals surface area contributed by atoms with Crippen LogP contribution in [-0.2, 0) is 0 Å². The monoisotopic (exact) mass is 369 g/mol. The molecule has 3 rings (SSSR count). The van der Waals surface area contributed by atoms with Crippen LogP contribution in [0, 0.1) is 24.0 Å². The predicted molar refractivity (Wildman–Crippen MR) is 103 cm³/mol. The first-order valence-corrected chi connectivity index (χ1v) is 8.18. The Balaban J connectivity index is 1.99. The summed E-state index contributed by atoms with van der Waals surface area (Å²) in [5.74, 6) is 0.195. The fraction of sp³-hybridized carbons (Fsp3) is 0.111. The number of anilines is 4. The predicted octanol–water partition coefficient (Wildman–Crippen LogP) is 5.14. The Morgan fingerprint density at radius 1 is 1.00 bits per heavy atom. The van der Waals surface area contributed by atoms with Crippen LogP contribution in [0.3, 0.4) is 0 Å². The second kappa shape index (κ2) is 7.37. The van der Waals surface area contributed by atoms with Crippen molar-refractivity contribution in [3.8, 4) is 0 Å². The lowest BCUT2D eigenvalue weighted by Gasteiger charge is -2.12. The zero-order chi connectivity index (χ0) is 18.7. The van der Waals surface area contributed by atoms with Crippen molar-refractivity contribution in [2.75, 3.05) is 10.6 Å². The number of nitro groups is 1. The summed E-state index contributed by atoms with van der Waals surface area (Å²) in [5.41, 5.74) is 2.96. The molecule has 2 N–H and O–H groups in total. The van der Waals surface area contributed by atoms with Crippen molar-refractivity contribution < 1.29 is 4.92 Å². The lowest BCUT2D eigenvalue weighted by molar-refractivity contribution is -0.383. The van der Waals surface area contributed by atoms with E-state index >= 15 is 0 Å². The number of nitrogens with zero attached hydrogens (tertiary/aromatic N) is 3. The minimum Gasteiger partial charge on any atom is -0.334 e. The zero-order valence-electron chi connectivity index (χ0n) is 14.2. The van der Waals surface area contributed by atoms with Crippen LogP contribution in [0.15, 0.2) is 48.8 Å². The molecule has 132 valence electrons. The summed E-state index contributed by atoms with van der Waals surface area (Å²) >= 11 is 6.11. The van der Waals surface area contributed by atoms with Crippen LogP contribution < -0.4 is 10.6 Å². The highest BCUT2D eigenvalue weighted by atomic mass is 35.5. The van der Waals surface area contributed by atoms with Crippen molar-refractivity contribution >= 4 is 40.3 Å². The molecule has 26 heavy (non-hydrogen) atoms. The summed E-state index contributed by atoms with van der Waals surface area (Å²) in [7, 11) is 0. The number of hydrogen-bond acceptors (Lipinski definition) is 6. The summed E-state index contributed by atoms with van der Waals surface area (Å²) in [5, 5.41) is 18.2. The number of halogens is 1. The second-order valence-electron chi connectivity index (χ2n) is 5.71. The molecule has 7 nitrogen and oxygen atoms in total. The Morgan fingerprint density at radius 3 is 2.31 bits per heavy atom. The quantitative estimate of drug-likeness (QED) is 0.477. The molecule has 0 amide bonds. The van der Waals surface area contributed by atoms with Crippen LogP contribution in [-0.4, -0.2) is 14.9 Å². The van der Waals surface area contributed by atoms with Gasteiger partial charge in [-0.3, -0.25) is 10.1 Å². The van der Waals surface area contributed by atoms with Crippen molar-refractivity contribution in [2.45, 2.75) is 13.8 Å². The van der Waals surface area contributed by atoms with Gasteiger partial charge in [0.1, 0.15) is 6.33 Å². The van der Waals surface area contributed by atoms with Gasteiger partial charge in [0.15, 0.2) is 0 Å². The zero-order valence-corrected chi connectivity index (χ0v) is 14.9. The van der Waals surface area contributed by atoms with E-state index in [2.05, 4.69) is 20.6 Å². The number of aromatic nitrogens is 2. The van der Waals surface area contributed by atoms with Gasteiger partial charge >= 0.3 is 5.69 Å². The van der Waals surface area contributed by atoms with E-state index in [1.807, 2.05) is 38.1 Å². The van der Waals surface area contributed by atoms with Gasteiger partial charge in [-0.2, -0.15) is 0 Å². The van der Waals surface area contributed by atoms with Gasteiger partial charge in [0.2, 0.25) is 11.6 Å². The van der Waals surface area contributed by atoms with E-state index in [-0.39, 0.29) is 17.3 Å². The van der Waals surface area contributed by atoms with Crippen molar-refractivity contribution in [1.82, 2.24) is 9.97 Å². The molecule has 2 aromatic carbocycles. The van der Waals surface area contributed by atoms with Crippen LogP contribution in [0.5, 0.6) is 0 Å². The molecule has 0 saturated carbocycles. The van der Waals surface area contributed by atoms with Gasteiger partial charge in [-0.05, 0) is 43.7 Å². The average molecular weight is 370 g/mol. The van der Waals surface area contributed by atoms with Crippen LogP contribution in [0.25, 0.3) is 0 Å². The van der Waals surface area contributed by atoms with Gasteiger partial charge in [-0.15, -0.1) is 0 Å². The van der Waals surface area contributed by atoms with Crippen molar-refractivity contribution in [3.05, 3.63) is 75.1 Å². The van der Waals surface area contributed by atoms with E-state index < -0.39 is 4.92 Å². The number of benzene rings is 2. The van der Waals surface area contributed by atoms with E-state index in [1.54, 1.807) is 18.2 Å². The Kier molecular flexibility index (Phi) is 4.99. The van der Waals surface area contributed by atoms with Crippen LogP contribution in [0.1, 0.15) is 11.1 Å².